The second-order valence-corrected chi connectivity index (χ2v) is 8.41. The van der Waals surface area contributed by atoms with Crippen molar-refractivity contribution >= 4 is 34.6 Å². The lowest BCUT2D eigenvalue weighted by atomic mass is 10.1. The van der Waals surface area contributed by atoms with Gasteiger partial charge >= 0.3 is 0 Å². The molecule has 0 saturated carbocycles. The van der Waals surface area contributed by atoms with Gasteiger partial charge in [-0.2, -0.15) is 0 Å². The van der Waals surface area contributed by atoms with Crippen molar-refractivity contribution in [1.29, 1.82) is 0 Å². The Bertz CT molecular complexity index is 1060. The summed E-state index contributed by atoms with van der Waals surface area (Å²) >= 11 is 0. The summed E-state index contributed by atoms with van der Waals surface area (Å²) in [5.74, 6) is -0.827. The maximum Gasteiger partial charge on any atom is 0.270 e. The molecule has 11 nitrogen and oxygen atoms in total. The summed E-state index contributed by atoms with van der Waals surface area (Å²) in [4.78, 5) is 42.1. The summed E-state index contributed by atoms with van der Waals surface area (Å²) in [7, 11) is 1.51. The normalized spacial score (nSPS) is 16.0. The molecule has 0 atom stereocenters. The lowest BCUT2D eigenvalue weighted by Crippen LogP contribution is -2.39. The van der Waals surface area contributed by atoms with Crippen LogP contribution in [-0.2, 0) is 14.3 Å². The van der Waals surface area contributed by atoms with Gasteiger partial charge in [-0.1, -0.05) is 0 Å². The largest absolute Gasteiger partial charge is 0.378 e. The summed E-state index contributed by atoms with van der Waals surface area (Å²) < 4.78 is 10.7. The first-order valence-corrected chi connectivity index (χ1v) is 11.5. The van der Waals surface area contributed by atoms with Crippen LogP contribution in [0.5, 0.6) is 0 Å². The van der Waals surface area contributed by atoms with E-state index in [1.165, 1.54) is 24.1 Å². The van der Waals surface area contributed by atoms with E-state index in [1.54, 1.807) is 6.07 Å². The van der Waals surface area contributed by atoms with Gasteiger partial charge in [0.2, 0.25) is 5.91 Å². The monoisotopic (exact) mass is 483 g/mol. The van der Waals surface area contributed by atoms with Gasteiger partial charge in [0.1, 0.15) is 0 Å². The lowest BCUT2D eigenvalue weighted by Gasteiger charge is -2.31. The highest BCUT2D eigenvalue weighted by Gasteiger charge is 2.25. The standard InChI is InChI=1S/C24H29N5O6/c1-26(17-23(30)25-18-2-4-19(5-3-18)27-8-12-34-13-9-27)24(31)21-16-20(29(32)33)6-7-22(21)28-10-14-35-15-11-28/h2-7,16H,8-15,17H2,1H3,(H,25,30). The van der Waals surface area contributed by atoms with Crippen molar-refractivity contribution in [2.24, 2.45) is 0 Å². The Morgan fingerprint density at radius 1 is 0.971 bits per heavy atom. The van der Waals surface area contributed by atoms with Crippen molar-refractivity contribution < 1.29 is 24.0 Å². The van der Waals surface area contributed by atoms with Crippen LogP contribution in [0.25, 0.3) is 0 Å². The number of benzene rings is 2. The molecular formula is C24H29N5O6. The Kier molecular flexibility index (Phi) is 7.78. The van der Waals surface area contributed by atoms with Gasteiger partial charge in [0.05, 0.1) is 49.1 Å². The van der Waals surface area contributed by atoms with Gasteiger partial charge in [0.25, 0.3) is 11.6 Å². The number of carbonyl (C=O) groups excluding carboxylic acids is 2. The van der Waals surface area contributed by atoms with Crippen molar-refractivity contribution in [2.45, 2.75) is 0 Å². The van der Waals surface area contributed by atoms with Crippen LogP contribution in [0.4, 0.5) is 22.7 Å². The van der Waals surface area contributed by atoms with Crippen molar-refractivity contribution in [1.82, 2.24) is 4.90 Å². The molecule has 186 valence electrons. The van der Waals surface area contributed by atoms with Crippen LogP contribution in [0.2, 0.25) is 0 Å². The number of non-ortho nitro benzene ring substituents is 1. The van der Waals surface area contributed by atoms with Crippen molar-refractivity contribution in [3.05, 3.63) is 58.1 Å². The van der Waals surface area contributed by atoms with Crippen LogP contribution in [0.1, 0.15) is 10.4 Å². The molecule has 1 N–H and O–H groups in total. The van der Waals surface area contributed by atoms with Crippen LogP contribution in [0.15, 0.2) is 42.5 Å². The smallest absolute Gasteiger partial charge is 0.270 e. The summed E-state index contributed by atoms with van der Waals surface area (Å²) in [6, 6.07) is 11.8. The second-order valence-electron chi connectivity index (χ2n) is 8.41. The third-order valence-electron chi connectivity index (χ3n) is 6.03. The number of morpholine rings is 2. The van der Waals surface area contributed by atoms with E-state index in [0.29, 0.717) is 50.9 Å². The van der Waals surface area contributed by atoms with Crippen LogP contribution in [-0.4, -0.2) is 87.8 Å². The molecule has 2 saturated heterocycles. The molecule has 35 heavy (non-hydrogen) atoms. The minimum atomic E-state index is -0.535. The fourth-order valence-electron chi connectivity index (χ4n) is 4.16. The third kappa shape index (κ3) is 6.06. The van der Waals surface area contributed by atoms with E-state index >= 15 is 0 Å². The van der Waals surface area contributed by atoms with E-state index in [4.69, 9.17) is 9.47 Å². The zero-order chi connectivity index (χ0) is 24.8. The highest BCUT2D eigenvalue weighted by molar-refractivity contribution is 6.03. The average molecular weight is 484 g/mol. The topological polar surface area (TPSA) is 117 Å². The van der Waals surface area contributed by atoms with E-state index in [1.807, 2.05) is 29.2 Å². The molecule has 11 heteroatoms. The minimum Gasteiger partial charge on any atom is -0.378 e. The number of nitro groups is 1. The fourth-order valence-corrected chi connectivity index (χ4v) is 4.16. The second kappa shape index (κ2) is 11.2. The molecule has 0 spiro atoms. The Balaban J connectivity index is 1.42. The molecule has 2 fully saturated rings. The zero-order valence-corrected chi connectivity index (χ0v) is 19.6. The SMILES string of the molecule is CN(CC(=O)Nc1ccc(N2CCOCC2)cc1)C(=O)c1cc([N+](=O)[O-])ccc1N1CCOCC1. The number of hydrogen-bond donors (Lipinski definition) is 1. The molecule has 2 amide bonds. The minimum absolute atomic E-state index is 0.177. The number of anilines is 3. The molecular weight excluding hydrogens is 454 g/mol. The first kappa shape index (κ1) is 24.4. The summed E-state index contributed by atoms with van der Waals surface area (Å²) in [6.07, 6.45) is 0. The fraction of sp³-hybridized carbons (Fsp3) is 0.417. The molecule has 2 aromatic rings. The number of ether oxygens (including phenoxy) is 2. The Labute approximate surface area is 203 Å². The zero-order valence-electron chi connectivity index (χ0n) is 19.6. The van der Waals surface area contributed by atoms with Crippen molar-refractivity contribution in [2.75, 3.05) is 81.3 Å². The number of likely N-dealkylation sites (N-methyl/N-ethyl adjacent to an activating group) is 1. The predicted molar refractivity (Wildman–Crippen MR) is 131 cm³/mol. The summed E-state index contributed by atoms with van der Waals surface area (Å²) in [5, 5.41) is 14.1. The van der Waals surface area contributed by atoms with Crippen LogP contribution < -0.4 is 15.1 Å². The first-order valence-electron chi connectivity index (χ1n) is 11.5. The molecule has 2 heterocycles. The molecule has 0 radical (unpaired) electrons. The number of hydrogen-bond acceptors (Lipinski definition) is 8. The van der Waals surface area contributed by atoms with Gasteiger partial charge in [-0.3, -0.25) is 19.7 Å². The lowest BCUT2D eigenvalue weighted by molar-refractivity contribution is -0.384. The van der Waals surface area contributed by atoms with Crippen LogP contribution in [0.3, 0.4) is 0 Å². The first-order chi connectivity index (χ1) is 16.9. The van der Waals surface area contributed by atoms with Gasteiger partial charge in [-0.15, -0.1) is 0 Å². The Morgan fingerprint density at radius 2 is 1.57 bits per heavy atom. The van der Waals surface area contributed by atoms with Gasteiger partial charge in [-0.25, -0.2) is 0 Å². The average Bonchev–Trinajstić information content (AvgIpc) is 2.89. The van der Waals surface area contributed by atoms with Crippen molar-refractivity contribution in [3.63, 3.8) is 0 Å². The summed E-state index contributed by atoms with van der Waals surface area (Å²) in [5.41, 5.74) is 2.28. The number of nitrogens with zero attached hydrogens (tertiary/aromatic N) is 4. The molecule has 0 aliphatic carbocycles. The number of amides is 2. The Morgan fingerprint density at radius 3 is 2.17 bits per heavy atom. The highest BCUT2D eigenvalue weighted by Crippen LogP contribution is 2.27. The van der Waals surface area contributed by atoms with Gasteiger partial charge in [0.15, 0.2) is 0 Å². The van der Waals surface area contributed by atoms with Gasteiger partial charge in [-0.05, 0) is 30.3 Å². The van der Waals surface area contributed by atoms with E-state index in [2.05, 4.69) is 10.2 Å². The van der Waals surface area contributed by atoms with E-state index in [9.17, 15) is 19.7 Å². The van der Waals surface area contributed by atoms with E-state index in [-0.39, 0.29) is 23.7 Å². The van der Waals surface area contributed by atoms with E-state index < -0.39 is 10.8 Å². The van der Waals surface area contributed by atoms with Crippen molar-refractivity contribution in [3.8, 4) is 0 Å². The highest BCUT2D eigenvalue weighted by atomic mass is 16.6. The van der Waals surface area contributed by atoms with Gasteiger partial charge < -0.3 is 29.5 Å². The molecule has 2 aliphatic rings. The molecule has 0 aromatic heterocycles. The molecule has 4 rings (SSSR count). The van der Waals surface area contributed by atoms with Crippen LogP contribution in [0, 0.1) is 10.1 Å². The number of rotatable bonds is 7. The molecule has 2 aliphatic heterocycles. The van der Waals surface area contributed by atoms with Gasteiger partial charge in [0, 0.05) is 56.7 Å². The number of nitrogens with one attached hydrogen (secondary N) is 1. The Hall–Kier alpha value is -3.70. The maximum absolute atomic E-state index is 13.2. The summed E-state index contributed by atoms with van der Waals surface area (Å²) in [6.45, 7) is 4.99. The molecule has 0 bridgehead atoms. The molecule has 0 unspecified atom stereocenters. The maximum atomic E-state index is 13.2. The predicted octanol–water partition coefficient (Wildman–Crippen LogP) is 1.98. The number of carbonyl (C=O) groups is 2. The van der Waals surface area contributed by atoms with Crippen LogP contribution >= 0.6 is 0 Å². The third-order valence-corrected chi connectivity index (χ3v) is 6.03. The quantitative estimate of drug-likeness (QED) is 0.469. The molecule has 2 aromatic carbocycles. The number of nitro benzene ring substituents is 1. The van der Waals surface area contributed by atoms with E-state index in [0.717, 1.165) is 18.8 Å².